The van der Waals surface area contributed by atoms with Crippen LogP contribution in [0.5, 0.6) is 0 Å². The third-order valence-corrected chi connectivity index (χ3v) is 4.03. The van der Waals surface area contributed by atoms with Crippen LogP contribution in [0, 0.1) is 0 Å². The van der Waals surface area contributed by atoms with Crippen molar-refractivity contribution in [3.8, 4) is 0 Å². The molecule has 148 valence electrons. The Balaban J connectivity index is 1.77. The normalized spacial score (nSPS) is 10.3. The average Bonchev–Trinajstić information content (AvgIpc) is 2.71. The first kappa shape index (κ1) is 19.4. The van der Waals surface area contributed by atoms with Gasteiger partial charge in [0, 0.05) is 24.4 Å². The van der Waals surface area contributed by atoms with Crippen molar-refractivity contribution in [3.05, 3.63) is 98.3 Å². The zero-order valence-corrected chi connectivity index (χ0v) is 14.9. The van der Waals surface area contributed by atoms with Crippen LogP contribution in [0.1, 0.15) is 26.5 Å². The number of hydrogen-bond acceptors (Lipinski definition) is 6. The van der Waals surface area contributed by atoms with Crippen LogP contribution in [0.2, 0.25) is 0 Å². The second-order valence-corrected chi connectivity index (χ2v) is 5.92. The number of aromatic nitrogens is 2. The quantitative estimate of drug-likeness (QED) is 0.467. The molecule has 4 N–H and O–H groups in total. The summed E-state index contributed by atoms with van der Waals surface area (Å²) in [6, 6.07) is 14.0. The minimum atomic E-state index is -0.754. The highest BCUT2D eigenvalue weighted by molar-refractivity contribution is 6.03. The second-order valence-electron chi connectivity index (χ2n) is 5.92. The molecule has 1 aromatic carbocycles. The topological polar surface area (TPSA) is 143 Å². The van der Waals surface area contributed by atoms with Crippen LogP contribution in [0.15, 0.2) is 70.3 Å². The number of pyridine rings is 2. The maximum atomic E-state index is 12.4. The smallest absolute Gasteiger partial charge is 0.283 e. The number of nitrogens with one attached hydrogen (secondary N) is 2. The lowest BCUT2D eigenvalue weighted by Gasteiger charge is -2.13. The van der Waals surface area contributed by atoms with E-state index in [1.807, 2.05) is 0 Å². The van der Waals surface area contributed by atoms with Gasteiger partial charge in [-0.05, 0) is 23.8 Å². The predicted molar refractivity (Wildman–Crippen MR) is 101 cm³/mol. The first-order chi connectivity index (χ1) is 13.9. The van der Waals surface area contributed by atoms with E-state index in [9.17, 15) is 29.6 Å². The minimum absolute atomic E-state index is 0.0287. The Kier molecular flexibility index (Phi) is 5.44. The number of para-hydroxylation sites is 1. The van der Waals surface area contributed by atoms with Crippen LogP contribution in [0.25, 0.3) is 0 Å². The number of carbonyl (C=O) groups excluding carboxylic acids is 2. The maximum absolute atomic E-state index is 12.4. The Morgan fingerprint density at radius 2 is 1.31 bits per heavy atom. The zero-order chi connectivity index (χ0) is 21.0. The van der Waals surface area contributed by atoms with Crippen molar-refractivity contribution < 1.29 is 20.0 Å². The number of amides is 2. The Bertz CT molecular complexity index is 1200. The summed E-state index contributed by atoms with van der Waals surface area (Å²) in [7, 11) is 0. The summed E-state index contributed by atoms with van der Waals surface area (Å²) in [6.45, 7) is -0.0287. The molecule has 3 aromatic rings. The van der Waals surface area contributed by atoms with E-state index in [0.29, 0.717) is 11.3 Å². The first-order valence-electron chi connectivity index (χ1n) is 8.38. The van der Waals surface area contributed by atoms with Gasteiger partial charge in [-0.25, -0.2) is 0 Å². The van der Waals surface area contributed by atoms with Crippen LogP contribution in [-0.2, 0) is 6.54 Å². The Morgan fingerprint density at radius 3 is 1.93 bits per heavy atom. The first-order valence-corrected chi connectivity index (χ1v) is 8.38. The molecule has 10 nitrogen and oxygen atoms in total. The minimum Gasteiger partial charge on any atom is -0.425 e. The molecule has 0 saturated heterocycles. The van der Waals surface area contributed by atoms with E-state index >= 15 is 0 Å². The highest BCUT2D eigenvalue weighted by Crippen LogP contribution is 2.16. The fourth-order valence-electron chi connectivity index (χ4n) is 2.56. The maximum Gasteiger partial charge on any atom is 0.283 e. The van der Waals surface area contributed by atoms with E-state index in [1.165, 1.54) is 24.3 Å². The lowest BCUT2D eigenvalue weighted by atomic mass is 10.1. The zero-order valence-electron chi connectivity index (χ0n) is 14.9. The molecule has 0 saturated carbocycles. The molecule has 2 aromatic heterocycles. The molecule has 2 amide bonds. The van der Waals surface area contributed by atoms with Gasteiger partial charge in [-0.2, -0.15) is 0 Å². The molecular formula is C19H16N4O6. The molecule has 0 aliphatic rings. The highest BCUT2D eigenvalue weighted by atomic mass is 16.5. The molecular weight excluding hydrogens is 380 g/mol. The summed E-state index contributed by atoms with van der Waals surface area (Å²) >= 11 is 0. The SMILES string of the molecule is O=C(NCc1ccccc1NC(=O)c1cccc(=O)n1O)c1cccc(=O)n1O. The lowest BCUT2D eigenvalue weighted by molar-refractivity contribution is 0.0888. The van der Waals surface area contributed by atoms with E-state index in [1.54, 1.807) is 24.3 Å². The fourth-order valence-corrected chi connectivity index (χ4v) is 2.56. The summed E-state index contributed by atoms with van der Waals surface area (Å²) in [4.78, 5) is 47.5. The fraction of sp³-hybridized carbons (Fsp3) is 0.0526. The highest BCUT2D eigenvalue weighted by Gasteiger charge is 2.15. The van der Waals surface area contributed by atoms with Crippen LogP contribution < -0.4 is 21.8 Å². The third kappa shape index (κ3) is 4.16. The van der Waals surface area contributed by atoms with Gasteiger partial charge in [0.05, 0.1) is 0 Å². The standard InChI is InChI=1S/C19H16N4O6/c24-16-9-3-7-14(22(16)28)18(26)20-11-12-5-1-2-6-13(12)21-19(27)15-8-4-10-17(25)23(15)29/h1-10,28-29H,11H2,(H,20,26)(H,21,27). The van der Waals surface area contributed by atoms with Gasteiger partial charge in [0.25, 0.3) is 22.9 Å². The second kappa shape index (κ2) is 8.13. The third-order valence-electron chi connectivity index (χ3n) is 4.03. The molecule has 0 bridgehead atoms. The average molecular weight is 396 g/mol. The number of anilines is 1. The summed E-state index contributed by atoms with van der Waals surface area (Å²) in [5.74, 6) is -1.42. The Morgan fingerprint density at radius 1 is 0.759 bits per heavy atom. The number of benzene rings is 1. The van der Waals surface area contributed by atoms with Crippen LogP contribution in [0.3, 0.4) is 0 Å². The summed E-state index contributed by atoms with van der Waals surface area (Å²) in [5, 5.41) is 24.5. The van der Waals surface area contributed by atoms with E-state index in [0.717, 1.165) is 12.1 Å². The van der Waals surface area contributed by atoms with Gasteiger partial charge in [0.15, 0.2) is 0 Å². The molecule has 0 atom stereocenters. The van der Waals surface area contributed by atoms with E-state index < -0.39 is 22.9 Å². The van der Waals surface area contributed by atoms with Gasteiger partial charge in [0.1, 0.15) is 11.4 Å². The Hall–Kier alpha value is -4.34. The summed E-state index contributed by atoms with van der Waals surface area (Å²) in [5.41, 5.74) is -1.15. The number of nitrogens with zero attached hydrogens (tertiary/aromatic N) is 2. The van der Waals surface area contributed by atoms with Crippen LogP contribution in [0.4, 0.5) is 5.69 Å². The molecule has 0 fully saturated rings. The molecule has 0 spiro atoms. The van der Waals surface area contributed by atoms with Crippen molar-refractivity contribution >= 4 is 17.5 Å². The van der Waals surface area contributed by atoms with Crippen LogP contribution in [-0.4, -0.2) is 31.7 Å². The van der Waals surface area contributed by atoms with Crippen molar-refractivity contribution in [3.63, 3.8) is 0 Å². The number of carbonyl (C=O) groups is 2. The number of rotatable bonds is 5. The Labute approximate surface area is 163 Å². The van der Waals surface area contributed by atoms with Gasteiger partial charge in [-0.3, -0.25) is 19.2 Å². The molecule has 0 aliphatic carbocycles. The molecule has 0 unspecified atom stereocenters. The molecule has 0 aliphatic heterocycles. The van der Waals surface area contributed by atoms with Crippen molar-refractivity contribution in [2.24, 2.45) is 0 Å². The van der Waals surface area contributed by atoms with Crippen molar-refractivity contribution in [1.29, 1.82) is 0 Å². The summed E-state index contributed by atoms with van der Waals surface area (Å²) in [6.07, 6.45) is 0. The van der Waals surface area contributed by atoms with E-state index in [-0.39, 0.29) is 27.4 Å². The van der Waals surface area contributed by atoms with Gasteiger partial charge < -0.3 is 21.0 Å². The predicted octanol–water partition coefficient (Wildman–Crippen LogP) is 0.667. The molecule has 3 rings (SSSR count). The molecule has 10 heteroatoms. The van der Waals surface area contributed by atoms with Gasteiger partial charge in [-0.1, -0.05) is 30.3 Å². The van der Waals surface area contributed by atoms with Crippen molar-refractivity contribution in [1.82, 2.24) is 14.8 Å². The molecule has 29 heavy (non-hydrogen) atoms. The molecule has 0 radical (unpaired) electrons. The van der Waals surface area contributed by atoms with Crippen molar-refractivity contribution in [2.75, 3.05) is 5.32 Å². The molecule has 2 heterocycles. The van der Waals surface area contributed by atoms with E-state index in [4.69, 9.17) is 0 Å². The van der Waals surface area contributed by atoms with Crippen LogP contribution >= 0.6 is 0 Å². The van der Waals surface area contributed by atoms with Gasteiger partial charge >= 0.3 is 0 Å². The lowest BCUT2D eigenvalue weighted by Crippen LogP contribution is -2.31. The number of hydrogen-bond donors (Lipinski definition) is 4. The summed E-state index contributed by atoms with van der Waals surface area (Å²) < 4.78 is 0.467. The largest absolute Gasteiger partial charge is 0.425 e. The van der Waals surface area contributed by atoms with Gasteiger partial charge in [0.2, 0.25) is 0 Å². The monoisotopic (exact) mass is 396 g/mol. The van der Waals surface area contributed by atoms with Gasteiger partial charge in [-0.15, -0.1) is 9.46 Å². The van der Waals surface area contributed by atoms with Crippen molar-refractivity contribution in [2.45, 2.75) is 6.54 Å². The van der Waals surface area contributed by atoms with E-state index in [2.05, 4.69) is 10.6 Å².